The normalized spacial score (nSPS) is 15.5. The van der Waals surface area contributed by atoms with E-state index in [2.05, 4.69) is 9.97 Å². The van der Waals surface area contributed by atoms with Gasteiger partial charge >= 0.3 is 0 Å². The summed E-state index contributed by atoms with van der Waals surface area (Å²) in [6, 6.07) is 5.88. The first-order chi connectivity index (χ1) is 10.3. The van der Waals surface area contributed by atoms with Crippen LogP contribution in [-0.2, 0) is 0 Å². The Morgan fingerprint density at radius 2 is 2.00 bits per heavy atom. The van der Waals surface area contributed by atoms with Gasteiger partial charge in [0.25, 0.3) is 5.91 Å². The molecule has 1 saturated carbocycles. The van der Waals surface area contributed by atoms with Crippen LogP contribution in [0.1, 0.15) is 36.0 Å². The average molecular weight is 284 g/mol. The largest absolute Gasteiger partial charge is 0.334 e. The Morgan fingerprint density at radius 3 is 2.76 bits per heavy atom. The fourth-order valence-corrected chi connectivity index (χ4v) is 3.12. The number of aromatic nitrogens is 2. The number of hydrogen-bond acceptors (Lipinski definition) is 4. The molecule has 5 nitrogen and oxygen atoms in total. The van der Waals surface area contributed by atoms with E-state index in [0.717, 1.165) is 18.4 Å². The molecule has 1 aliphatic carbocycles. The Bertz CT molecular complexity index is 632. The van der Waals surface area contributed by atoms with E-state index in [0.29, 0.717) is 30.2 Å². The lowest BCUT2D eigenvalue weighted by molar-refractivity contribution is 0.0690. The molecule has 2 aromatic rings. The highest BCUT2D eigenvalue weighted by molar-refractivity contribution is 6.04. The van der Waals surface area contributed by atoms with Crippen LogP contribution in [0.25, 0.3) is 11.0 Å². The van der Waals surface area contributed by atoms with Crippen molar-refractivity contribution in [3.63, 3.8) is 0 Å². The van der Waals surface area contributed by atoms with E-state index >= 15 is 0 Å². The molecule has 110 valence electrons. The van der Waals surface area contributed by atoms with Crippen molar-refractivity contribution in [3.05, 3.63) is 36.2 Å². The third-order valence-corrected chi connectivity index (χ3v) is 4.13. The van der Waals surface area contributed by atoms with E-state index in [4.69, 9.17) is 5.73 Å². The van der Waals surface area contributed by atoms with Crippen molar-refractivity contribution >= 4 is 16.9 Å². The van der Waals surface area contributed by atoms with Gasteiger partial charge in [-0.25, -0.2) is 0 Å². The van der Waals surface area contributed by atoms with Gasteiger partial charge in [0.15, 0.2) is 0 Å². The summed E-state index contributed by atoms with van der Waals surface area (Å²) in [6.45, 7) is 1.08. The number of nitrogens with two attached hydrogens (primary N) is 1. The van der Waals surface area contributed by atoms with E-state index < -0.39 is 0 Å². The lowest BCUT2D eigenvalue weighted by Crippen LogP contribution is -2.42. The molecule has 0 unspecified atom stereocenters. The van der Waals surface area contributed by atoms with Gasteiger partial charge < -0.3 is 10.6 Å². The van der Waals surface area contributed by atoms with E-state index in [1.807, 2.05) is 23.1 Å². The van der Waals surface area contributed by atoms with Crippen molar-refractivity contribution in [2.45, 2.75) is 31.7 Å². The molecule has 0 spiro atoms. The Morgan fingerprint density at radius 1 is 1.24 bits per heavy atom. The summed E-state index contributed by atoms with van der Waals surface area (Å²) < 4.78 is 0. The van der Waals surface area contributed by atoms with Crippen LogP contribution in [0.5, 0.6) is 0 Å². The second kappa shape index (κ2) is 6.18. The molecule has 1 amide bonds. The fraction of sp³-hybridized carbons (Fsp3) is 0.438. The second-order valence-electron chi connectivity index (χ2n) is 5.46. The van der Waals surface area contributed by atoms with Crippen LogP contribution in [0.15, 0.2) is 30.6 Å². The molecular weight excluding hydrogens is 264 g/mol. The maximum atomic E-state index is 12.9. The monoisotopic (exact) mass is 284 g/mol. The van der Waals surface area contributed by atoms with Crippen LogP contribution in [-0.4, -0.2) is 39.9 Å². The number of amides is 1. The Labute approximate surface area is 124 Å². The maximum Gasteiger partial charge on any atom is 0.256 e. The highest BCUT2D eigenvalue weighted by Crippen LogP contribution is 2.26. The van der Waals surface area contributed by atoms with Gasteiger partial charge in [0, 0.05) is 31.5 Å². The minimum atomic E-state index is 0.0263. The summed E-state index contributed by atoms with van der Waals surface area (Å²) in [4.78, 5) is 23.5. The molecule has 1 fully saturated rings. The number of hydrogen-bond donors (Lipinski definition) is 1. The molecule has 1 aromatic heterocycles. The van der Waals surface area contributed by atoms with Crippen LogP contribution in [0.2, 0.25) is 0 Å². The molecule has 3 rings (SSSR count). The zero-order valence-electron chi connectivity index (χ0n) is 12.0. The standard InChI is InChI=1S/C16H20N4O/c17-8-11-20(12-4-1-2-5-12)16(21)13-6-3-7-14-15(13)19-10-9-18-14/h3,6-7,9-10,12H,1-2,4-5,8,11,17H2. The summed E-state index contributed by atoms with van der Waals surface area (Å²) in [7, 11) is 0. The van der Waals surface area contributed by atoms with Crippen LogP contribution in [0.3, 0.4) is 0 Å². The number of para-hydroxylation sites is 1. The quantitative estimate of drug-likeness (QED) is 0.931. The maximum absolute atomic E-state index is 12.9. The predicted molar refractivity (Wildman–Crippen MR) is 81.9 cm³/mol. The fourth-order valence-electron chi connectivity index (χ4n) is 3.12. The minimum absolute atomic E-state index is 0.0263. The molecule has 0 radical (unpaired) electrons. The van der Waals surface area contributed by atoms with Gasteiger partial charge in [0.2, 0.25) is 0 Å². The van der Waals surface area contributed by atoms with Crippen LogP contribution in [0, 0.1) is 0 Å². The van der Waals surface area contributed by atoms with E-state index in [-0.39, 0.29) is 5.91 Å². The molecule has 0 bridgehead atoms. The van der Waals surface area contributed by atoms with Crippen molar-refractivity contribution in [1.82, 2.24) is 14.9 Å². The number of benzene rings is 1. The molecule has 1 aromatic carbocycles. The van der Waals surface area contributed by atoms with Crippen molar-refractivity contribution in [2.75, 3.05) is 13.1 Å². The van der Waals surface area contributed by atoms with Gasteiger partial charge in [0.1, 0.15) is 5.52 Å². The summed E-state index contributed by atoms with van der Waals surface area (Å²) in [5, 5.41) is 0. The second-order valence-corrected chi connectivity index (χ2v) is 5.46. The molecular formula is C16H20N4O. The summed E-state index contributed by atoms with van der Waals surface area (Å²) in [6.07, 6.45) is 7.79. The average Bonchev–Trinajstić information content (AvgIpc) is 3.05. The van der Waals surface area contributed by atoms with Gasteiger partial charge in [-0.3, -0.25) is 14.8 Å². The van der Waals surface area contributed by atoms with Gasteiger partial charge in [-0.05, 0) is 25.0 Å². The molecule has 21 heavy (non-hydrogen) atoms. The smallest absolute Gasteiger partial charge is 0.256 e. The number of carbonyl (C=O) groups is 1. The molecule has 0 saturated heterocycles. The lowest BCUT2D eigenvalue weighted by atomic mass is 10.1. The van der Waals surface area contributed by atoms with Gasteiger partial charge in [-0.2, -0.15) is 0 Å². The topological polar surface area (TPSA) is 72.1 Å². The zero-order chi connectivity index (χ0) is 14.7. The Hall–Kier alpha value is -2.01. The third-order valence-electron chi connectivity index (χ3n) is 4.13. The highest BCUT2D eigenvalue weighted by atomic mass is 16.2. The van der Waals surface area contributed by atoms with Crippen molar-refractivity contribution in [1.29, 1.82) is 0 Å². The first-order valence-corrected chi connectivity index (χ1v) is 7.52. The SMILES string of the molecule is NCCN(C(=O)c1cccc2nccnc12)C1CCCC1. The van der Waals surface area contributed by atoms with Gasteiger partial charge in [-0.1, -0.05) is 18.9 Å². The summed E-state index contributed by atoms with van der Waals surface area (Å²) in [5.74, 6) is 0.0263. The molecule has 5 heteroatoms. The van der Waals surface area contributed by atoms with Crippen molar-refractivity contribution in [2.24, 2.45) is 5.73 Å². The third kappa shape index (κ3) is 2.74. The van der Waals surface area contributed by atoms with Gasteiger partial charge in [0.05, 0.1) is 11.1 Å². The van der Waals surface area contributed by atoms with Crippen LogP contribution < -0.4 is 5.73 Å². The van der Waals surface area contributed by atoms with E-state index in [1.54, 1.807) is 12.4 Å². The molecule has 2 N–H and O–H groups in total. The van der Waals surface area contributed by atoms with Crippen LogP contribution in [0.4, 0.5) is 0 Å². The van der Waals surface area contributed by atoms with E-state index in [1.165, 1.54) is 12.8 Å². The summed E-state index contributed by atoms with van der Waals surface area (Å²) in [5.41, 5.74) is 7.75. The summed E-state index contributed by atoms with van der Waals surface area (Å²) >= 11 is 0. The number of fused-ring (bicyclic) bond motifs is 1. The Balaban J connectivity index is 1.97. The predicted octanol–water partition coefficient (Wildman–Crippen LogP) is 1.97. The zero-order valence-corrected chi connectivity index (χ0v) is 12.0. The van der Waals surface area contributed by atoms with Gasteiger partial charge in [-0.15, -0.1) is 0 Å². The first kappa shape index (κ1) is 13.9. The molecule has 1 aliphatic rings. The highest BCUT2D eigenvalue weighted by Gasteiger charge is 2.27. The van der Waals surface area contributed by atoms with Crippen molar-refractivity contribution < 1.29 is 4.79 Å². The first-order valence-electron chi connectivity index (χ1n) is 7.52. The lowest BCUT2D eigenvalue weighted by Gasteiger charge is -2.28. The Kier molecular flexibility index (Phi) is 4.10. The molecule has 0 aliphatic heterocycles. The number of carbonyl (C=O) groups excluding carboxylic acids is 1. The van der Waals surface area contributed by atoms with Crippen LogP contribution >= 0.6 is 0 Å². The number of nitrogens with zero attached hydrogens (tertiary/aromatic N) is 3. The minimum Gasteiger partial charge on any atom is -0.334 e. The van der Waals surface area contributed by atoms with Crippen molar-refractivity contribution in [3.8, 4) is 0 Å². The van der Waals surface area contributed by atoms with E-state index in [9.17, 15) is 4.79 Å². The molecule has 0 atom stereocenters. The molecule has 1 heterocycles. The number of rotatable bonds is 4.